The Bertz CT molecular complexity index is 396. The quantitative estimate of drug-likeness (QED) is 0.761. The number of amides is 2. The fraction of sp³-hybridized carbons (Fsp3) is 0.273. The third-order valence-electron chi connectivity index (χ3n) is 1.95. The average molecular weight is 292 g/mol. The van der Waals surface area contributed by atoms with Crippen LogP contribution in [-0.2, 0) is 9.59 Å². The summed E-state index contributed by atoms with van der Waals surface area (Å²) in [6, 6.07) is 6.71. The monoisotopic (exact) mass is 291 g/mol. The number of hydrogen-bond donors (Lipinski definition) is 3. The van der Waals surface area contributed by atoms with Crippen LogP contribution in [0, 0.1) is 0 Å². The molecular weight excluding hydrogens is 277 g/mol. The van der Waals surface area contributed by atoms with Gasteiger partial charge in [0.25, 0.3) is 0 Å². The molecule has 7 heteroatoms. The third-order valence-corrected chi connectivity index (χ3v) is 2.20. The van der Waals surface area contributed by atoms with Crippen molar-refractivity contribution < 1.29 is 9.59 Å². The van der Waals surface area contributed by atoms with Crippen molar-refractivity contribution in [2.75, 3.05) is 18.4 Å². The molecule has 4 N–H and O–H groups in total. The van der Waals surface area contributed by atoms with Gasteiger partial charge in [0.2, 0.25) is 11.8 Å². The van der Waals surface area contributed by atoms with Crippen LogP contribution >= 0.6 is 24.0 Å². The predicted molar refractivity (Wildman–Crippen MR) is 74.0 cm³/mol. The molecule has 100 valence electrons. The number of nitrogens with one attached hydrogen (secondary N) is 2. The summed E-state index contributed by atoms with van der Waals surface area (Å²) in [6.45, 7) is 0.200. The Morgan fingerprint density at radius 1 is 1.17 bits per heavy atom. The van der Waals surface area contributed by atoms with Crippen LogP contribution in [0.2, 0.25) is 5.02 Å². The highest BCUT2D eigenvalue weighted by molar-refractivity contribution is 6.30. The van der Waals surface area contributed by atoms with Gasteiger partial charge in [-0.15, -0.1) is 12.4 Å². The van der Waals surface area contributed by atoms with Crippen LogP contribution in [0.25, 0.3) is 0 Å². The number of hydrogen-bond acceptors (Lipinski definition) is 3. The zero-order valence-corrected chi connectivity index (χ0v) is 11.2. The smallest absolute Gasteiger partial charge is 0.243 e. The second kappa shape index (κ2) is 8.74. The van der Waals surface area contributed by atoms with Crippen LogP contribution in [0.4, 0.5) is 5.69 Å². The van der Waals surface area contributed by atoms with Gasteiger partial charge in [-0.1, -0.05) is 11.6 Å². The van der Waals surface area contributed by atoms with Gasteiger partial charge in [0.05, 0.1) is 6.54 Å². The number of halogens is 2. The number of anilines is 1. The number of carbonyl (C=O) groups excluding carboxylic acids is 2. The van der Waals surface area contributed by atoms with Crippen LogP contribution in [0.15, 0.2) is 24.3 Å². The normalized spacial score (nSPS) is 9.22. The summed E-state index contributed by atoms with van der Waals surface area (Å²) in [5, 5.41) is 5.68. The first kappa shape index (κ1) is 16.7. The van der Waals surface area contributed by atoms with Gasteiger partial charge in [-0.25, -0.2) is 0 Å². The highest BCUT2D eigenvalue weighted by Gasteiger charge is 2.04. The van der Waals surface area contributed by atoms with Gasteiger partial charge >= 0.3 is 0 Å². The van der Waals surface area contributed by atoms with Gasteiger partial charge in [-0.2, -0.15) is 0 Å². The molecule has 0 aliphatic carbocycles. The highest BCUT2D eigenvalue weighted by Crippen LogP contribution is 2.12. The van der Waals surface area contributed by atoms with Crippen LogP contribution in [-0.4, -0.2) is 24.9 Å². The van der Waals surface area contributed by atoms with Crippen LogP contribution < -0.4 is 16.4 Å². The first-order chi connectivity index (χ1) is 8.11. The Kier molecular flexibility index (Phi) is 8.11. The lowest BCUT2D eigenvalue weighted by atomic mass is 10.3. The Balaban J connectivity index is 0.00000289. The summed E-state index contributed by atoms with van der Waals surface area (Å²) < 4.78 is 0. The second-order valence-corrected chi connectivity index (χ2v) is 3.81. The van der Waals surface area contributed by atoms with Crippen molar-refractivity contribution in [3.63, 3.8) is 0 Å². The maximum absolute atomic E-state index is 11.4. The van der Waals surface area contributed by atoms with E-state index in [1.807, 2.05) is 0 Å². The molecule has 0 saturated heterocycles. The molecule has 0 unspecified atom stereocenters. The summed E-state index contributed by atoms with van der Waals surface area (Å²) in [7, 11) is 0. The van der Waals surface area contributed by atoms with Crippen LogP contribution in [0.5, 0.6) is 0 Å². The highest BCUT2D eigenvalue weighted by atomic mass is 35.5. The van der Waals surface area contributed by atoms with E-state index in [-0.39, 0.29) is 43.7 Å². The lowest BCUT2D eigenvalue weighted by Crippen LogP contribution is -2.33. The standard InChI is InChI=1S/C11H14ClN3O2.ClH/c12-8-1-3-9(4-2-8)15-11(17)7-14-10(16)5-6-13;/h1-4H,5-7,13H2,(H,14,16)(H,15,17);1H. The summed E-state index contributed by atoms with van der Waals surface area (Å²) in [5.74, 6) is -0.531. The first-order valence-electron chi connectivity index (χ1n) is 5.14. The molecule has 0 bridgehead atoms. The molecule has 1 rings (SSSR count). The van der Waals surface area contributed by atoms with E-state index in [1.165, 1.54) is 0 Å². The van der Waals surface area contributed by atoms with E-state index in [9.17, 15) is 9.59 Å². The third kappa shape index (κ3) is 6.44. The molecule has 0 fully saturated rings. The van der Waals surface area contributed by atoms with Gasteiger partial charge < -0.3 is 16.4 Å². The molecule has 0 spiro atoms. The topological polar surface area (TPSA) is 84.2 Å². The first-order valence-corrected chi connectivity index (χ1v) is 5.52. The summed E-state index contributed by atoms with van der Waals surface area (Å²) in [5.41, 5.74) is 5.83. The molecule has 18 heavy (non-hydrogen) atoms. The molecular formula is C11H15Cl2N3O2. The molecule has 0 radical (unpaired) electrons. The van der Waals surface area contributed by atoms with Crippen molar-refractivity contribution in [2.24, 2.45) is 5.73 Å². The molecule has 1 aromatic carbocycles. The lowest BCUT2D eigenvalue weighted by Gasteiger charge is -2.06. The van der Waals surface area contributed by atoms with Crippen molar-refractivity contribution in [3.05, 3.63) is 29.3 Å². The molecule has 0 aliphatic rings. The van der Waals surface area contributed by atoms with E-state index >= 15 is 0 Å². The van der Waals surface area contributed by atoms with Crippen molar-refractivity contribution in [3.8, 4) is 0 Å². The van der Waals surface area contributed by atoms with Gasteiger partial charge in [0, 0.05) is 23.7 Å². The zero-order valence-electron chi connectivity index (χ0n) is 9.61. The number of carbonyl (C=O) groups is 2. The Morgan fingerprint density at radius 3 is 2.33 bits per heavy atom. The largest absolute Gasteiger partial charge is 0.347 e. The van der Waals surface area contributed by atoms with Crippen LogP contribution in [0.1, 0.15) is 6.42 Å². The molecule has 0 atom stereocenters. The maximum Gasteiger partial charge on any atom is 0.243 e. The van der Waals surface area contributed by atoms with E-state index in [0.29, 0.717) is 10.7 Å². The van der Waals surface area contributed by atoms with E-state index < -0.39 is 0 Å². The van der Waals surface area contributed by atoms with Crippen molar-refractivity contribution in [1.29, 1.82) is 0 Å². The van der Waals surface area contributed by atoms with Crippen molar-refractivity contribution >= 4 is 41.5 Å². The summed E-state index contributed by atoms with van der Waals surface area (Å²) in [6.07, 6.45) is 0.216. The average Bonchev–Trinajstić information content (AvgIpc) is 2.30. The molecule has 2 amide bonds. The fourth-order valence-electron chi connectivity index (χ4n) is 1.14. The predicted octanol–water partition coefficient (Wildman–Crippen LogP) is 1.17. The molecule has 0 heterocycles. The molecule has 0 saturated carbocycles. The fourth-order valence-corrected chi connectivity index (χ4v) is 1.26. The Labute approximate surface area is 116 Å². The van der Waals surface area contributed by atoms with Gasteiger partial charge in [-0.05, 0) is 24.3 Å². The van der Waals surface area contributed by atoms with Gasteiger partial charge in [0.15, 0.2) is 0 Å². The van der Waals surface area contributed by atoms with Crippen molar-refractivity contribution in [1.82, 2.24) is 5.32 Å². The second-order valence-electron chi connectivity index (χ2n) is 3.37. The molecule has 0 aromatic heterocycles. The Morgan fingerprint density at radius 2 is 1.78 bits per heavy atom. The van der Waals surface area contributed by atoms with Crippen LogP contribution in [0.3, 0.4) is 0 Å². The van der Waals surface area contributed by atoms with E-state index in [4.69, 9.17) is 17.3 Å². The van der Waals surface area contributed by atoms with Crippen molar-refractivity contribution in [2.45, 2.75) is 6.42 Å². The minimum Gasteiger partial charge on any atom is -0.347 e. The number of nitrogens with two attached hydrogens (primary N) is 1. The van der Waals surface area contributed by atoms with E-state index in [1.54, 1.807) is 24.3 Å². The maximum atomic E-state index is 11.4. The Hall–Kier alpha value is -1.30. The molecule has 0 aliphatic heterocycles. The van der Waals surface area contributed by atoms with Gasteiger partial charge in [-0.3, -0.25) is 9.59 Å². The zero-order chi connectivity index (χ0) is 12.7. The van der Waals surface area contributed by atoms with E-state index in [2.05, 4.69) is 10.6 Å². The number of benzene rings is 1. The molecule has 5 nitrogen and oxygen atoms in total. The minimum atomic E-state index is -0.294. The number of rotatable bonds is 5. The van der Waals surface area contributed by atoms with E-state index in [0.717, 1.165) is 0 Å². The van der Waals surface area contributed by atoms with Gasteiger partial charge in [0.1, 0.15) is 0 Å². The lowest BCUT2D eigenvalue weighted by molar-refractivity contribution is -0.124. The molecule has 1 aromatic rings. The summed E-state index contributed by atoms with van der Waals surface area (Å²) >= 11 is 5.70. The summed E-state index contributed by atoms with van der Waals surface area (Å²) in [4.78, 5) is 22.5. The minimum absolute atomic E-state index is 0. The SMILES string of the molecule is Cl.NCCC(=O)NCC(=O)Nc1ccc(Cl)cc1.